The number of rotatable bonds is 8. The Balaban J connectivity index is 1.97. The molecule has 0 atom stereocenters. The predicted octanol–water partition coefficient (Wildman–Crippen LogP) is 2.81. The third-order valence-corrected chi connectivity index (χ3v) is 5.96. The quantitative estimate of drug-likeness (QED) is 0.751. The van der Waals surface area contributed by atoms with Crippen LogP contribution in [0.15, 0.2) is 47.4 Å². The van der Waals surface area contributed by atoms with Crippen LogP contribution in [0, 0.1) is 19.7 Å². The molecule has 146 valence electrons. The van der Waals surface area contributed by atoms with Gasteiger partial charge >= 0.3 is 0 Å². The van der Waals surface area contributed by atoms with Crippen LogP contribution in [0.1, 0.15) is 23.6 Å². The average molecular weight is 392 g/mol. The van der Waals surface area contributed by atoms with Crippen LogP contribution in [0.2, 0.25) is 0 Å². The molecule has 5 nitrogen and oxygen atoms in total. The van der Waals surface area contributed by atoms with Gasteiger partial charge in [-0.15, -0.1) is 0 Å². The minimum atomic E-state index is -3.66. The number of amides is 1. The molecule has 0 aliphatic carbocycles. The maximum absolute atomic E-state index is 13.7. The van der Waals surface area contributed by atoms with E-state index in [1.807, 2.05) is 13.0 Å². The van der Waals surface area contributed by atoms with E-state index < -0.39 is 10.0 Å². The van der Waals surface area contributed by atoms with Crippen molar-refractivity contribution in [1.82, 2.24) is 9.62 Å². The summed E-state index contributed by atoms with van der Waals surface area (Å²) in [5.41, 5.74) is 2.05. The Morgan fingerprint density at radius 1 is 1.11 bits per heavy atom. The number of halogens is 1. The molecule has 0 saturated carbocycles. The molecule has 2 aromatic rings. The second kappa shape index (κ2) is 9.10. The molecule has 0 unspecified atom stereocenters. The Morgan fingerprint density at radius 3 is 2.48 bits per heavy atom. The number of nitrogens with zero attached hydrogens (tertiary/aromatic N) is 1. The molecule has 0 aromatic heterocycles. The van der Waals surface area contributed by atoms with Gasteiger partial charge in [0.05, 0.1) is 4.90 Å². The van der Waals surface area contributed by atoms with Crippen LogP contribution in [0.3, 0.4) is 0 Å². The summed E-state index contributed by atoms with van der Waals surface area (Å²) in [6.45, 7) is 5.62. The Kier molecular flexibility index (Phi) is 7.10. The fourth-order valence-electron chi connectivity index (χ4n) is 2.77. The van der Waals surface area contributed by atoms with Gasteiger partial charge in [-0.1, -0.05) is 30.3 Å². The van der Waals surface area contributed by atoms with Crippen molar-refractivity contribution in [2.45, 2.75) is 32.1 Å². The molecule has 0 bridgehead atoms. The van der Waals surface area contributed by atoms with Crippen LogP contribution in [0.4, 0.5) is 4.39 Å². The van der Waals surface area contributed by atoms with Gasteiger partial charge in [0.2, 0.25) is 15.9 Å². The molecule has 0 spiro atoms. The first kappa shape index (κ1) is 21.1. The zero-order chi connectivity index (χ0) is 20.0. The Bertz CT molecular complexity index is 913. The van der Waals surface area contributed by atoms with Gasteiger partial charge in [-0.2, -0.15) is 0 Å². The Labute approximate surface area is 160 Å². The molecule has 0 radical (unpaired) electrons. The van der Waals surface area contributed by atoms with Crippen molar-refractivity contribution >= 4 is 15.9 Å². The molecule has 2 rings (SSSR count). The highest BCUT2D eigenvalue weighted by Crippen LogP contribution is 2.16. The van der Waals surface area contributed by atoms with E-state index in [4.69, 9.17) is 0 Å². The molecule has 0 aliphatic rings. The zero-order valence-electron chi connectivity index (χ0n) is 15.8. The summed E-state index contributed by atoms with van der Waals surface area (Å²) in [6, 6.07) is 11.7. The number of aryl methyl sites for hydroxylation is 2. The van der Waals surface area contributed by atoms with Crippen LogP contribution in [0.5, 0.6) is 0 Å². The zero-order valence-corrected chi connectivity index (χ0v) is 16.6. The Hall–Kier alpha value is -2.25. The molecule has 2 aromatic carbocycles. The molecular weight excluding hydrogens is 367 g/mol. The molecule has 0 saturated heterocycles. The maximum atomic E-state index is 13.7. The van der Waals surface area contributed by atoms with E-state index in [1.54, 1.807) is 37.3 Å². The van der Waals surface area contributed by atoms with Crippen molar-refractivity contribution in [1.29, 1.82) is 0 Å². The number of hydrogen-bond acceptors (Lipinski definition) is 3. The number of nitrogens with one attached hydrogen (secondary N) is 1. The molecule has 7 heteroatoms. The highest BCUT2D eigenvalue weighted by molar-refractivity contribution is 7.89. The number of sulfonamides is 1. The van der Waals surface area contributed by atoms with Crippen LogP contribution in [0.25, 0.3) is 0 Å². The predicted molar refractivity (Wildman–Crippen MR) is 103 cm³/mol. The summed E-state index contributed by atoms with van der Waals surface area (Å²) in [6.07, 6.45) is 0.371. The van der Waals surface area contributed by atoms with Crippen molar-refractivity contribution in [2.75, 3.05) is 19.6 Å². The van der Waals surface area contributed by atoms with Crippen LogP contribution in [-0.4, -0.2) is 38.9 Å². The van der Waals surface area contributed by atoms with Crippen molar-refractivity contribution in [3.8, 4) is 0 Å². The average Bonchev–Trinajstić information content (AvgIpc) is 2.60. The van der Waals surface area contributed by atoms with Crippen molar-refractivity contribution < 1.29 is 17.6 Å². The summed E-state index contributed by atoms with van der Waals surface area (Å²) in [7, 11) is -3.66. The number of carbonyl (C=O) groups excluding carboxylic acids is 1. The lowest BCUT2D eigenvalue weighted by Crippen LogP contribution is -2.38. The smallest absolute Gasteiger partial charge is 0.240 e. The van der Waals surface area contributed by atoms with Crippen LogP contribution < -0.4 is 4.72 Å². The number of hydrogen-bond donors (Lipinski definition) is 1. The normalized spacial score (nSPS) is 11.4. The SMILES string of the molecule is CC(=O)N(CCNS(=O)(=O)c1cc(C)ccc1C)CCc1ccccc1F. The second-order valence-electron chi connectivity index (χ2n) is 6.51. The highest BCUT2D eigenvalue weighted by Gasteiger charge is 2.18. The standard InChI is InChI=1S/C20H25FN2O3S/c1-15-8-9-16(2)20(14-15)27(25,26)22-11-13-23(17(3)24)12-10-18-6-4-5-7-19(18)21/h4-9,14,22H,10-13H2,1-3H3. The summed E-state index contributed by atoms with van der Waals surface area (Å²) in [4.78, 5) is 13.6. The van der Waals surface area contributed by atoms with Crippen LogP contribution >= 0.6 is 0 Å². The van der Waals surface area contributed by atoms with Gasteiger partial charge in [0.15, 0.2) is 0 Å². The lowest BCUT2D eigenvalue weighted by Gasteiger charge is -2.21. The lowest BCUT2D eigenvalue weighted by molar-refractivity contribution is -0.128. The molecule has 0 heterocycles. The largest absolute Gasteiger partial charge is 0.341 e. The summed E-state index contributed by atoms with van der Waals surface area (Å²) >= 11 is 0. The van der Waals surface area contributed by atoms with Gasteiger partial charge in [0, 0.05) is 26.6 Å². The van der Waals surface area contributed by atoms with Crippen molar-refractivity contribution in [3.05, 3.63) is 65.0 Å². The van der Waals surface area contributed by atoms with Crippen LogP contribution in [-0.2, 0) is 21.2 Å². The summed E-state index contributed by atoms with van der Waals surface area (Å²) in [5.74, 6) is -0.492. The van der Waals surface area contributed by atoms with Gasteiger partial charge in [-0.25, -0.2) is 17.5 Å². The van der Waals surface area contributed by atoms with E-state index >= 15 is 0 Å². The van der Waals surface area contributed by atoms with E-state index in [0.717, 1.165) is 5.56 Å². The van der Waals surface area contributed by atoms with E-state index in [-0.39, 0.29) is 29.7 Å². The lowest BCUT2D eigenvalue weighted by atomic mass is 10.1. The van der Waals surface area contributed by atoms with Crippen molar-refractivity contribution in [2.24, 2.45) is 0 Å². The number of carbonyl (C=O) groups is 1. The molecule has 27 heavy (non-hydrogen) atoms. The van der Waals surface area contributed by atoms with Gasteiger partial charge in [-0.3, -0.25) is 4.79 Å². The van der Waals surface area contributed by atoms with Gasteiger partial charge in [0.25, 0.3) is 0 Å². The topological polar surface area (TPSA) is 66.5 Å². The first-order valence-corrected chi connectivity index (χ1v) is 10.2. The minimum absolute atomic E-state index is 0.0898. The second-order valence-corrected chi connectivity index (χ2v) is 8.25. The first-order valence-electron chi connectivity index (χ1n) is 8.76. The third kappa shape index (κ3) is 5.87. The third-order valence-electron chi connectivity index (χ3n) is 4.36. The fraction of sp³-hybridized carbons (Fsp3) is 0.350. The van der Waals surface area contributed by atoms with E-state index in [2.05, 4.69) is 4.72 Å². The summed E-state index contributed by atoms with van der Waals surface area (Å²) in [5, 5.41) is 0. The number of benzene rings is 2. The van der Waals surface area contributed by atoms with Gasteiger partial charge in [-0.05, 0) is 49.1 Å². The van der Waals surface area contributed by atoms with E-state index in [1.165, 1.54) is 17.9 Å². The molecule has 0 aliphatic heterocycles. The summed E-state index contributed by atoms with van der Waals surface area (Å²) < 4.78 is 41.3. The molecular formula is C20H25FN2O3S. The Morgan fingerprint density at radius 2 is 1.81 bits per heavy atom. The molecule has 1 amide bonds. The highest BCUT2D eigenvalue weighted by atomic mass is 32.2. The minimum Gasteiger partial charge on any atom is -0.341 e. The van der Waals surface area contributed by atoms with E-state index in [9.17, 15) is 17.6 Å². The van der Waals surface area contributed by atoms with Gasteiger partial charge in [0.1, 0.15) is 5.82 Å². The monoisotopic (exact) mass is 392 g/mol. The fourth-order valence-corrected chi connectivity index (χ4v) is 4.12. The first-order chi connectivity index (χ1) is 12.7. The maximum Gasteiger partial charge on any atom is 0.240 e. The van der Waals surface area contributed by atoms with E-state index in [0.29, 0.717) is 24.1 Å². The molecule has 1 N–H and O–H groups in total. The van der Waals surface area contributed by atoms with Crippen molar-refractivity contribution in [3.63, 3.8) is 0 Å². The molecule has 0 fully saturated rings. The van der Waals surface area contributed by atoms with Gasteiger partial charge < -0.3 is 4.90 Å².